The molecule has 1 unspecified atom stereocenters. The van der Waals surface area contributed by atoms with Gasteiger partial charge in [-0.25, -0.2) is 0 Å². The summed E-state index contributed by atoms with van der Waals surface area (Å²) in [5.74, 6) is -0.210. The number of fused-ring (bicyclic) bond motifs is 1. The average molecular weight is 489 g/mol. The van der Waals surface area contributed by atoms with Crippen LogP contribution in [-0.4, -0.2) is 41.3 Å². The van der Waals surface area contributed by atoms with E-state index in [1.165, 1.54) is 0 Å². The Labute approximate surface area is 207 Å². The molecule has 1 aromatic heterocycles. The lowest BCUT2D eigenvalue weighted by Crippen LogP contribution is -2.45. The van der Waals surface area contributed by atoms with Crippen LogP contribution in [0.4, 0.5) is 0 Å². The first-order chi connectivity index (χ1) is 17.0. The Kier molecular flexibility index (Phi) is 6.79. The monoisotopic (exact) mass is 488 g/mol. The molecule has 1 aliphatic rings. The van der Waals surface area contributed by atoms with Gasteiger partial charge in [-0.15, -0.1) is 0 Å². The molecular weight excluding hydrogens is 464 g/mol. The Morgan fingerprint density at radius 3 is 2.71 bits per heavy atom. The fraction of sp³-hybridized carbons (Fsp3) is 0.222. The van der Waals surface area contributed by atoms with Crippen molar-refractivity contribution in [1.82, 2.24) is 20.8 Å². The summed E-state index contributed by atoms with van der Waals surface area (Å²) in [4.78, 5) is 24.7. The lowest BCUT2D eigenvalue weighted by Gasteiger charge is -2.22. The summed E-state index contributed by atoms with van der Waals surface area (Å²) in [6.07, 6.45) is 0.826. The highest BCUT2D eigenvalue weighted by molar-refractivity contribution is 6.31. The number of carbonyl (C=O) groups is 2. The van der Waals surface area contributed by atoms with Crippen molar-refractivity contribution < 1.29 is 14.3 Å². The summed E-state index contributed by atoms with van der Waals surface area (Å²) < 4.78 is 5.56. The van der Waals surface area contributed by atoms with Crippen LogP contribution in [0.25, 0.3) is 10.9 Å². The van der Waals surface area contributed by atoms with Gasteiger partial charge in [0.25, 0.3) is 5.91 Å². The van der Waals surface area contributed by atoms with E-state index in [1.807, 2.05) is 42.5 Å². The van der Waals surface area contributed by atoms with Crippen LogP contribution in [0.15, 0.2) is 66.7 Å². The van der Waals surface area contributed by atoms with E-state index in [4.69, 9.17) is 16.3 Å². The molecule has 8 heteroatoms. The van der Waals surface area contributed by atoms with Gasteiger partial charge in [0.2, 0.25) is 5.91 Å². The van der Waals surface area contributed by atoms with Crippen molar-refractivity contribution in [2.24, 2.45) is 0 Å². The summed E-state index contributed by atoms with van der Waals surface area (Å²) >= 11 is 6.10. The molecule has 1 saturated heterocycles. The van der Waals surface area contributed by atoms with Gasteiger partial charge in [0.15, 0.2) is 0 Å². The van der Waals surface area contributed by atoms with Crippen LogP contribution in [0.5, 0.6) is 0 Å². The minimum Gasteiger partial charge on any atom is -0.366 e. The fourth-order valence-corrected chi connectivity index (χ4v) is 4.40. The summed E-state index contributed by atoms with van der Waals surface area (Å²) in [7, 11) is 0. The van der Waals surface area contributed by atoms with Crippen LogP contribution in [0, 0.1) is 0 Å². The van der Waals surface area contributed by atoms with Crippen molar-refractivity contribution >= 4 is 34.3 Å². The molecule has 0 aliphatic carbocycles. The van der Waals surface area contributed by atoms with Crippen molar-refractivity contribution in [2.45, 2.75) is 25.5 Å². The number of benzene rings is 3. The molecular formula is C27H25ClN4O3. The maximum atomic E-state index is 12.8. The molecule has 1 atom stereocenters. The molecule has 35 heavy (non-hydrogen) atoms. The smallest absolute Gasteiger partial charge is 0.251 e. The number of nitrogens with one attached hydrogen (secondary N) is 3. The number of hydrogen-bond acceptors (Lipinski definition) is 4. The second-order valence-corrected chi connectivity index (χ2v) is 9.03. The van der Waals surface area contributed by atoms with Gasteiger partial charge in [0, 0.05) is 28.9 Å². The molecule has 4 aromatic rings. The summed E-state index contributed by atoms with van der Waals surface area (Å²) in [6.45, 7) is 1.44. The third kappa shape index (κ3) is 5.53. The lowest BCUT2D eigenvalue weighted by molar-refractivity contribution is -0.137. The molecule has 3 aromatic carbocycles. The molecule has 2 heterocycles. The normalized spacial score (nSPS) is 15.7. The van der Waals surface area contributed by atoms with E-state index in [0.29, 0.717) is 43.1 Å². The summed E-state index contributed by atoms with van der Waals surface area (Å²) in [6, 6.07) is 21.2. The van der Waals surface area contributed by atoms with Crippen LogP contribution in [-0.2, 0) is 28.9 Å². The zero-order valence-corrected chi connectivity index (χ0v) is 19.8. The third-order valence-electron chi connectivity index (χ3n) is 6.08. The SMILES string of the molecule is O=C(NCc1[nH]nc2ccc(Cl)cc12)c1cccc(Cc2ccc(CC3OCCNC3=O)cc2)c1. The second-order valence-electron chi connectivity index (χ2n) is 8.59. The molecule has 1 aliphatic heterocycles. The van der Waals surface area contributed by atoms with E-state index >= 15 is 0 Å². The number of carbonyl (C=O) groups excluding carboxylic acids is 2. The van der Waals surface area contributed by atoms with Crippen molar-refractivity contribution in [3.63, 3.8) is 0 Å². The van der Waals surface area contributed by atoms with Crippen molar-refractivity contribution in [3.05, 3.63) is 99.7 Å². The number of aromatic amines is 1. The molecule has 0 bridgehead atoms. The van der Waals surface area contributed by atoms with Crippen LogP contribution in [0.2, 0.25) is 5.02 Å². The number of aromatic nitrogens is 2. The molecule has 0 spiro atoms. The topological polar surface area (TPSA) is 96.1 Å². The zero-order valence-electron chi connectivity index (χ0n) is 19.0. The largest absolute Gasteiger partial charge is 0.366 e. The Hall–Kier alpha value is -3.68. The number of hydrogen-bond donors (Lipinski definition) is 3. The Morgan fingerprint density at radius 2 is 1.89 bits per heavy atom. The quantitative estimate of drug-likeness (QED) is 0.369. The van der Waals surface area contributed by atoms with Crippen LogP contribution >= 0.6 is 11.6 Å². The number of amides is 2. The van der Waals surface area contributed by atoms with E-state index < -0.39 is 6.10 Å². The van der Waals surface area contributed by atoms with Gasteiger partial charge in [-0.3, -0.25) is 14.7 Å². The lowest BCUT2D eigenvalue weighted by atomic mass is 9.99. The van der Waals surface area contributed by atoms with Crippen LogP contribution < -0.4 is 10.6 Å². The van der Waals surface area contributed by atoms with E-state index in [2.05, 4.69) is 33.0 Å². The van der Waals surface area contributed by atoms with Crippen molar-refractivity contribution in [1.29, 1.82) is 0 Å². The van der Waals surface area contributed by atoms with Crippen molar-refractivity contribution in [2.75, 3.05) is 13.2 Å². The average Bonchev–Trinajstić information content (AvgIpc) is 3.27. The predicted molar refractivity (Wildman–Crippen MR) is 134 cm³/mol. The first-order valence-corrected chi connectivity index (χ1v) is 11.9. The molecule has 178 valence electrons. The molecule has 1 fully saturated rings. The Bertz CT molecular complexity index is 1370. The minimum atomic E-state index is -0.429. The van der Waals surface area contributed by atoms with Crippen LogP contribution in [0.3, 0.4) is 0 Å². The molecule has 3 N–H and O–H groups in total. The Balaban J connectivity index is 1.20. The van der Waals surface area contributed by atoms with Gasteiger partial charge in [-0.1, -0.05) is 48.0 Å². The van der Waals surface area contributed by atoms with Gasteiger partial charge in [-0.05, 0) is 53.4 Å². The molecule has 0 radical (unpaired) electrons. The minimum absolute atomic E-state index is 0.0556. The maximum absolute atomic E-state index is 12.8. The zero-order chi connectivity index (χ0) is 24.2. The summed E-state index contributed by atoms with van der Waals surface area (Å²) in [5, 5.41) is 14.5. The molecule has 2 amide bonds. The highest BCUT2D eigenvalue weighted by Crippen LogP contribution is 2.21. The van der Waals surface area contributed by atoms with Crippen molar-refractivity contribution in [3.8, 4) is 0 Å². The number of halogens is 1. The standard InChI is InChI=1S/C27H25ClN4O3/c28-21-8-9-23-22(15-21)24(32-31-23)16-30-26(33)20-3-1-2-19(13-20)12-17-4-6-18(7-5-17)14-25-27(34)29-10-11-35-25/h1-9,13,15,25H,10-12,14,16H2,(H,29,34)(H,30,33)(H,31,32). The number of H-pyrrole nitrogens is 1. The molecule has 5 rings (SSSR count). The highest BCUT2D eigenvalue weighted by atomic mass is 35.5. The third-order valence-corrected chi connectivity index (χ3v) is 6.31. The molecule has 7 nitrogen and oxygen atoms in total. The number of ether oxygens (including phenoxy) is 1. The van der Waals surface area contributed by atoms with E-state index in [0.717, 1.165) is 33.3 Å². The fourth-order valence-electron chi connectivity index (χ4n) is 4.22. The van der Waals surface area contributed by atoms with E-state index in [9.17, 15) is 9.59 Å². The van der Waals surface area contributed by atoms with Gasteiger partial charge in [-0.2, -0.15) is 5.10 Å². The van der Waals surface area contributed by atoms with Gasteiger partial charge in [0.05, 0.1) is 24.4 Å². The highest BCUT2D eigenvalue weighted by Gasteiger charge is 2.22. The first-order valence-electron chi connectivity index (χ1n) is 11.5. The second kappa shape index (κ2) is 10.3. The first kappa shape index (κ1) is 23.1. The number of rotatable bonds is 7. The number of nitrogens with zero attached hydrogens (tertiary/aromatic N) is 1. The van der Waals surface area contributed by atoms with E-state index in [-0.39, 0.29) is 11.8 Å². The van der Waals surface area contributed by atoms with Gasteiger partial charge in [0.1, 0.15) is 6.10 Å². The van der Waals surface area contributed by atoms with Crippen LogP contribution in [0.1, 0.15) is 32.7 Å². The maximum Gasteiger partial charge on any atom is 0.251 e. The van der Waals surface area contributed by atoms with E-state index in [1.54, 1.807) is 12.1 Å². The predicted octanol–water partition coefficient (Wildman–Crippen LogP) is 3.79. The molecule has 0 saturated carbocycles. The summed E-state index contributed by atoms with van der Waals surface area (Å²) in [5.41, 5.74) is 5.43. The number of morpholine rings is 1. The van der Waals surface area contributed by atoms with Gasteiger partial charge >= 0.3 is 0 Å². The Morgan fingerprint density at radius 1 is 1.06 bits per heavy atom. The van der Waals surface area contributed by atoms with Gasteiger partial charge < -0.3 is 15.4 Å².